The number of carbonyl (C=O) groups excluding carboxylic acids is 2. The molecule has 0 aliphatic rings. The third kappa shape index (κ3) is 7.00. The Morgan fingerprint density at radius 1 is 0.872 bits per heavy atom. The van der Waals surface area contributed by atoms with E-state index in [9.17, 15) is 14.4 Å². The maximum atomic E-state index is 14.3. The van der Waals surface area contributed by atoms with E-state index >= 15 is 0 Å². The lowest BCUT2D eigenvalue weighted by atomic mass is 10.00. The van der Waals surface area contributed by atoms with Gasteiger partial charge in [0.2, 0.25) is 0 Å². The number of likely N-dealkylation sites (N-methyl/N-ethyl adjacent to an activating group) is 1. The number of amides is 2. The van der Waals surface area contributed by atoms with Gasteiger partial charge in [-0.2, -0.15) is 0 Å². The molecular weight excluding hydrogens is 590 g/mol. The van der Waals surface area contributed by atoms with E-state index in [0.717, 1.165) is 36.4 Å². The molecule has 2 N–H and O–H groups in total. The predicted octanol–water partition coefficient (Wildman–Crippen LogP) is 6.68. The number of aryl methyl sites for hydroxylation is 3. The third-order valence-electron chi connectivity index (χ3n) is 8.53. The lowest BCUT2D eigenvalue weighted by Crippen LogP contribution is -2.38. The highest BCUT2D eigenvalue weighted by atomic mass is 16.5. The zero-order valence-electron chi connectivity index (χ0n) is 28.0. The standard InChI is InChI=1S/C38H43N5O4/c1-7-39-36(44)32-23-30-31(24-41(6)38(46)34(30)40-32)29-19-18-27(22-33(29)47-35-25(4)14-13-15-26(35)5)37(45)43(21-20-42(8-2)9-3)28-16-11-10-12-17-28/h10-19,22-24,40H,7-9,20-21H2,1-6H3,(H,39,44). The summed E-state index contributed by atoms with van der Waals surface area (Å²) in [4.78, 5) is 47.4. The molecule has 2 heterocycles. The quantitative estimate of drug-likeness (QED) is 0.160. The molecule has 0 bridgehead atoms. The van der Waals surface area contributed by atoms with Crippen LogP contribution in [-0.2, 0) is 7.05 Å². The SMILES string of the molecule is CCNC(=O)c1cc2c(-c3ccc(C(=O)N(CCN(CC)CC)c4ccccc4)cc3Oc3c(C)cccc3C)cn(C)c(=O)c2[nH]1. The number of ether oxygens (including phenoxy) is 1. The van der Waals surface area contributed by atoms with Gasteiger partial charge in [-0.1, -0.05) is 50.2 Å². The molecule has 47 heavy (non-hydrogen) atoms. The molecule has 9 nitrogen and oxygen atoms in total. The molecule has 0 fully saturated rings. The molecule has 0 radical (unpaired) electrons. The van der Waals surface area contributed by atoms with Gasteiger partial charge in [0.05, 0.1) is 0 Å². The summed E-state index contributed by atoms with van der Waals surface area (Å²) in [5.41, 5.74) is 4.91. The van der Waals surface area contributed by atoms with E-state index in [1.807, 2.05) is 80.3 Å². The van der Waals surface area contributed by atoms with Gasteiger partial charge in [-0.05, 0) is 81.4 Å². The number of hydrogen-bond acceptors (Lipinski definition) is 5. The summed E-state index contributed by atoms with van der Waals surface area (Å²) in [7, 11) is 1.68. The Kier molecular flexibility index (Phi) is 10.3. The number of benzene rings is 3. The largest absolute Gasteiger partial charge is 0.456 e. The summed E-state index contributed by atoms with van der Waals surface area (Å²) in [6, 6.07) is 22.8. The summed E-state index contributed by atoms with van der Waals surface area (Å²) in [5.74, 6) is 0.714. The van der Waals surface area contributed by atoms with Gasteiger partial charge in [0, 0.05) is 60.6 Å². The fourth-order valence-corrected chi connectivity index (χ4v) is 5.85. The summed E-state index contributed by atoms with van der Waals surface area (Å²) in [6.45, 7) is 13.5. The van der Waals surface area contributed by atoms with Crippen molar-refractivity contribution in [2.75, 3.05) is 37.6 Å². The van der Waals surface area contributed by atoms with Gasteiger partial charge in [0.1, 0.15) is 22.7 Å². The number of nitrogens with zero attached hydrogens (tertiary/aromatic N) is 3. The summed E-state index contributed by atoms with van der Waals surface area (Å²) >= 11 is 0. The molecule has 244 valence electrons. The van der Waals surface area contributed by atoms with Crippen molar-refractivity contribution in [2.45, 2.75) is 34.6 Å². The molecule has 0 aliphatic carbocycles. The topological polar surface area (TPSA) is 99.7 Å². The number of fused-ring (bicyclic) bond motifs is 1. The first kappa shape index (κ1) is 33.2. The molecule has 0 spiro atoms. The van der Waals surface area contributed by atoms with E-state index in [-0.39, 0.29) is 17.4 Å². The molecule has 0 saturated heterocycles. The number of aromatic amines is 1. The van der Waals surface area contributed by atoms with Gasteiger partial charge < -0.3 is 29.4 Å². The highest BCUT2D eigenvalue weighted by molar-refractivity contribution is 6.08. The Balaban J connectivity index is 1.67. The minimum absolute atomic E-state index is 0.146. The summed E-state index contributed by atoms with van der Waals surface area (Å²) in [5, 5.41) is 3.38. The van der Waals surface area contributed by atoms with Crippen molar-refractivity contribution in [3.63, 3.8) is 0 Å². The van der Waals surface area contributed by atoms with E-state index in [0.29, 0.717) is 57.9 Å². The van der Waals surface area contributed by atoms with Crippen LogP contribution in [0.3, 0.4) is 0 Å². The number of anilines is 1. The molecule has 3 aromatic carbocycles. The zero-order chi connectivity index (χ0) is 33.7. The van der Waals surface area contributed by atoms with Gasteiger partial charge in [-0.3, -0.25) is 14.4 Å². The normalized spacial score (nSPS) is 11.2. The van der Waals surface area contributed by atoms with Crippen molar-refractivity contribution in [3.8, 4) is 22.6 Å². The molecule has 0 unspecified atom stereocenters. The van der Waals surface area contributed by atoms with Crippen molar-refractivity contribution in [1.29, 1.82) is 0 Å². The lowest BCUT2D eigenvalue weighted by Gasteiger charge is -2.27. The lowest BCUT2D eigenvalue weighted by molar-refractivity contribution is 0.0950. The smallest absolute Gasteiger partial charge is 0.274 e. The zero-order valence-corrected chi connectivity index (χ0v) is 28.0. The van der Waals surface area contributed by atoms with Crippen molar-refractivity contribution in [2.24, 2.45) is 7.05 Å². The molecule has 0 atom stereocenters. The number of rotatable bonds is 12. The number of hydrogen-bond donors (Lipinski definition) is 2. The molecule has 2 aromatic heterocycles. The van der Waals surface area contributed by atoms with Gasteiger partial charge in [0.15, 0.2) is 0 Å². The van der Waals surface area contributed by atoms with Crippen LogP contribution in [0.5, 0.6) is 11.5 Å². The van der Waals surface area contributed by atoms with Crippen LogP contribution in [0.1, 0.15) is 52.7 Å². The maximum Gasteiger partial charge on any atom is 0.274 e. The predicted molar refractivity (Wildman–Crippen MR) is 189 cm³/mol. The molecule has 5 rings (SSSR count). The number of nitrogens with one attached hydrogen (secondary N) is 2. The van der Waals surface area contributed by atoms with Gasteiger partial charge in [0.25, 0.3) is 17.4 Å². The third-order valence-corrected chi connectivity index (χ3v) is 8.53. The minimum Gasteiger partial charge on any atom is -0.456 e. The van der Waals surface area contributed by atoms with E-state index in [1.54, 1.807) is 31.4 Å². The second-order valence-corrected chi connectivity index (χ2v) is 11.6. The number of H-pyrrole nitrogens is 1. The minimum atomic E-state index is -0.296. The summed E-state index contributed by atoms with van der Waals surface area (Å²) < 4.78 is 8.18. The number of carbonyl (C=O) groups is 2. The maximum absolute atomic E-state index is 14.3. The first-order chi connectivity index (χ1) is 22.7. The average molecular weight is 634 g/mol. The molecular formula is C38H43N5O4. The first-order valence-electron chi connectivity index (χ1n) is 16.1. The second-order valence-electron chi connectivity index (χ2n) is 11.6. The fourth-order valence-electron chi connectivity index (χ4n) is 5.85. The number of pyridine rings is 1. The fraction of sp³-hybridized carbons (Fsp3) is 0.289. The Morgan fingerprint density at radius 2 is 1.57 bits per heavy atom. The monoisotopic (exact) mass is 633 g/mol. The molecule has 9 heteroatoms. The Labute approximate surface area is 275 Å². The van der Waals surface area contributed by atoms with Crippen LogP contribution >= 0.6 is 0 Å². The Hall–Kier alpha value is -5.15. The first-order valence-corrected chi connectivity index (χ1v) is 16.1. The van der Waals surface area contributed by atoms with Crippen LogP contribution in [0.25, 0.3) is 22.0 Å². The van der Waals surface area contributed by atoms with Gasteiger partial charge in [-0.25, -0.2) is 0 Å². The van der Waals surface area contributed by atoms with Crippen LogP contribution in [0, 0.1) is 13.8 Å². The molecule has 0 saturated carbocycles. The number of para-hydroxylation sites is 2. The van der Waals surface area contributed by atoms with E-state index in [1.165, 1.54) is 4.57 Å². The van der Waals surface area contributed by atoms with Crippen molar-refractivity contribution < 1.29 is 14.3 Å². The van der Waals surface area contributed by atoms with Gasteiger partial charge in [-0.15, -0.1) is 0 Å². The molecule has 2 amide bonds. The Bertz CT molecular complexity index is 1940. The van der Waals surface area contributed by atoms with Crippen LogP contribution < -0.4 is 20.5 Å². The van der Waals surface area contributed by atoms with E-state index < -0.39 is 0 Å². The van der Waals surface area contributed by atoms with Crippen LogP contribution in [0.4, 0.5) is 5.69 Å². The molecule has 5 aromatic rings. The van der Waals surface area contributed by atoms with Gasteiger partial charge >= 0.3 is 0 Å². The van der Waals surface area contributed by atoms with E-state index in [2.05, 4.69) is 29.0 Å². The summed E-state index contributed by atoms with van der Waals surface area (Å²) in [6.07, 6.45) is 1.74. The second kappa shape index (κ2) is 14.5. The Morgan fingerprint density at radius 3 is 2.23 bits per heavy atom. The van der Waals surface area contributed by atoms with Crippen molar-refractivity contribution in [1.82, 2.24) is 19.8 Å². The molecule has 0 aliphatic heterocycles. The van der Waals surface area contributed by atoms with Crippen LogP contribution in [0.2, 0.25) is 0 Å². The number of aromatic nitrogens is 2. The van der Waals surface area contributed by atoms with Crippen LogP contribution in [0.15, 0.2) is 83.8 Å². The van der Waals surface area contributed by atoms with Crippen molar-refractivity contribution in [3.05, 3.63) is 112 Å². The average Bonchev–Trinajstić information content (AvgIpc) is 3.53. The highest BCUT2D eigenvalue weighted by Crippen LogP contribution is 2.39. The van der Waals surface area contributed by atoms with Crippen LogP contribution in [-0.4, -0.2) is 59.0 Å². The highest BCUT2D eigenvalue weighted by Gasteiger charge is 2.23. The van der Waals surface area contributed by atoms with E-state index in [4.69, 9.17) is 4.74 Å². The van der Waals surface area contributed by atoms with Crippen molar-refractivity contribution >= 4 is 28.4 Å².